The Hall–Kier alpha value is -4.20. The highest BCUT2D eigenvalue weighted by Crippen LogP contribution is 2.40. The molecule has 1 saturated heterocycles. The number of pyridine rings is 1. The molecular weight excluding hydrogens is 518 g/mol. The molecule has 4 heterocycles. The molecule has 0 amide bonds. The fourth-order valence-electron chi connectivity index (χ4n) is 5.00. The number of alkyl halides is 2. The fraction of sp³-hybridized carbons (Fsp3) is 0.360. The highest BCUT2D eigenvalue weighted by atomic mass is 19.3. The summed E-state index contributed by atoms with van der Waals surface area (Å²) in [6.07, 6.45) is 2.40. The third kappa shape index (κ3) is 4.99. The Bertz CT molecular complexity index is 1510. The molecule has 1 aliphatic rings. The second-order valence-electron chi connectivity index (χ2n) is 9.56. The van der Waals surface area contributed by atoms with E-state index in [2.05, 4.69) is 20.1 Å². The number of benzene rings is 1. The van der Waals surface area contributed by atoms with Crippen LogP contribution in [0.3, 0.4) is 0 Å². The fourth-order valence-corrected chi connectivity index (χ4v) is 5.00. The van der Waals surface area contributed by atoms with Gasteiger partial charge in [0.15, 0.2) is 17.2 Å². The van der Waals surface area contributed by atoms with Crippen LogP contribution in [0.2, 0.25) is 0 Å². The number of piperidine rings is 1. The third-order valence-corrected chi connectivity index (χ3v) is 6.92. The normalized spacial score (nSPS) is 17.7. The molecule has 3 aromatic heterocycles. The van der Waals surface area contributed by atoms with Gasteiger partial charge in [0.1, 0.15) is 17.8 Å². The lowest BCUT2D eigenvalue weighted by Crippen LogP contribution is -2.55. The van der Waals surface area contributed by atoms with Crippen LogP contribution in [0.25, 0.3) is 16.9 Å². The number of hydrogen-bond acceptors (Lipinski definition) is 9. The number of methoxy groups -OCH3 is 1. The average molecular weight is 546 g/mol. The molecule has 0 radical (unpaired) electrons. The second-order valence-corrected chi connectivity index (χ2v) is 9.56. The Morgan fingerprint density at radius 2 is 1.90 bits per heavy atom. The van der Waals surface area contributed by atoms with Crippen LogP contribution in [0.1, 0.15) is 19.3 Å². The van der Waals surface area contributed by atoms with Crippen molar-refractivity contribution in [3.63, 3.8) is 0 Å². The topological polar surface area (TPSA) is 124 Å². The molecule has 1 aliphatic heterocycles. The number of nitrogens with two attached hydrogens (primary N) is 2. The number of nitrogen functional groups attached to an aromatic ring is 1. The molecule has 14 heteroatoms. The molecule has 206 valence electrons. The van der Waals surface area contributed by atoms with Crippen molar-refractivity contribution >= 4 is 28.7 Å². The molecule has 1 aromatic carbocycles. The summed E-state index contributed by atoms with van der Waals surface area (Å²) in [6, 6.07) is 3.55. The van der Waals surface area contributed by atoms with Gasteiger partial charge in [-0.1, -0.05) is 0 Å². The number of nitrogens with zero attached hydrogens (tertiary/aromatic N) is 7. The van der Waals surface area contributed by atoms with E-state index in [0.29, 0.717) is 42.1 Å². The van der Waals surface area contributed by atoms with Crippen molar-refractivity contribution in [3.05, 3.63) is 48.6 Å². The van der Waals surface area contributed by atoms with Crippen molar-refractivity contribution < 1.29 is 22.3 Å². The molecule has 0 spiro atoms. The molecule has 0 aliphatic carbocycles. The average Bonchev–Trinajstić information content (AvgIpc) is 3.34. The number of aromatic nitrogens is 5. The van der Waals surface area contributed by atoms with E-state index in [-0.39, 0.29) is 29.5 Å². The number of anilines is 4. The smallest absolute Gasteiger partial charge is 0.240 e. The summed E-state index contributed by atoms with van der Waals surface area (Å²) in [5.74, 6) is -1.59. The van der Waals surface area contributed by atoms with Crippen molar-refractivity contribution in [2.75, 3.05) is 42.8 Å². The maximum Gasteiger partial charge on any atom is 0.240 e. The van der Waals surface area contributed by atoms with Crippen LogP contribution in [0.4, 0.5) is 40.6 Å². The predicted octanol–water partition coefficient (Wildman–Crippen LogP) is 3.78. The Morgan fingerprint density at radius 1 is 1.10 bits per heavy atom. The van der Waals surface area contributed by atoms with Crippen LogP contribution in [0.5, 0.6) is 5.75 Å². The number of fused-ring (bicyclic) bond motifs is 1. The Labute approximate surface area is 221 Å². The molecule has 0 saturated carbocycles. The van der Waals surface area contributed by atoms with E-state index in [4.69, 9.17) is 16.2 Å². The van der Waals surface area contributed by atoms with Gasteiger partial charge in [0, 0.05) is 43.7 Å². The Morgan fingerprint density at radius 3 is 2.64 bits per heavy atom. The van der Waals surface area contributed by atoms with Gasteiger partial charge < -0.3 is 26.0 Å². The van der Waals surface area contributed by atoms with Gasteiger partial charge in [-0.25, -0.2) is 27.5 Å². The van der Waals surface area contributed by atoms with Crippen LogP contribution >= 0.6 is 0 Å². The first-order chi connectivity index (χ1) is 18.6. The minimum absolute atomic E-state index is 0.0783. The molecule has 39 heavy (non-hydrogen) atoms. The summed E-state index contributed by atoms with van der Waals surface area (Å²) in [4.78, 5) is 16.3. The van der Waals surface area contributed by atoms with E-state index < -0.39 is 30.0 Å². The van der Waals surface area contributed by atoms with Crippen LogP contribution < -0.4 is 26.0 Å². The van der Waals surface area contributed by atoms with Gasteiger partial charge >= 0.3 is 0 Å². The largest absolute Gasteiger partial charge is 0.494 e. The van der Waals surface area contributed by atoms with Gasteiger partial charge in [0.25, 0.3) is 0 Å². The Kier molecular flexibility index (Phi) is 6.89. The molecule has 5 rings (SSSR count). The van der Waals surface area contributed by atoms with Gasteiger partial charge in [-0.15, -0.1) is 0 Å². The van der Waals surface area contributed by atoms with Crippen molar-refractivity contribution in [3.8, 4) is 17.0 Å². The molecule has 10 nitrogen and oxygen atoms in total. The SMILES string of the molecule is COc1cc(F)c(-c2cc(N(C)c3cnn4c(N)ncnc34)c(N3CCC[C@](N)(CC(F)F)C3)cn2)cc1F. The van der Waals surface area contributed by atoms with Gasteiger partial charge in [0.2, 0.25) is 12.4 Å². The lowest BCUT2D eigenvalue weighted by molar-refractivity contribution is 0.0984. The van der Waals surface area contributed by atoms with Crippen molar-refractivity contribution in [2.24, 2.45) is 5.73 Å². The zero-order valence-electron chi connectivity index (χ0n) is 21.3. The first kappa shape index (κ1) is 26.4. The van der Waals surface area contributed by atoms with Crippen molar-refractivity contribution in [2.45, 2.75) is 31.2 Å². The van der Waals surface area contributed by atoms with E-state index in [0.717, 1.165) is 12.1 Å². The lowest BCUT2D eigenvalue weighted by atomic mass is 9.86. The maximum absolute atomic E-state index is 15.0. The van der Waals surface area contributed by atoms with Gasteiger partial charge in [-0.05, 0) is 25.0 Å². The van der Waals surface area contributed by atoms with E-state index in [1.165, 1.54) is 30.3 Å². The first-order valence-corrected chi connectivity index (χ1v) is 12.1. The summed E-state index contributed by atoms with van der Waals surface area (Å²) in [7, 11) is 2.98. The monoisotopic (exact) mass is 545 g/mol. The molecule has 0 unspecified atom stereocenters. The number of rotatable bonds is 7. The van der Waals surface area contributed by atoms with Crippen molar-refractivity contribution in [1.82, 2.24) is 24.6 Å². The van der Waals surface area contributed by atoms with E-state index in [1.54, 1.807) is 18.0 Å². The van der Waals surface area contributed by atoms with Gasteiger partial charge in [-0.2, -0.15) is 9.61 Å². The first-order valence-electron chi connectivity index (χ1n) is 12.1. The summed E-state index contributed by atoms with van der Waals surface area (Å²) >= 11 is 0. The third-order valence-electron chi connectivity index (χ3n) is 6.92. The number of ether oxygens (including phenoxy) is 1. The van der Waals surface area contributed by atoms with E-state index >= 15 is 0 Å². The summed E-state index contributed by atoms with van der Waals surface area (Å²) in [5, 5.41) is 4.26. The number of halogens is 4. The highest BCUT2D eigenvalue weighted by Gasteiger charge is 2.36. The van der Waals surface area contributed by atoms with Crippen LogP contribution in [0, 0.1) is 11.6 Å². The minimum Gasteiger partial charge on any atom is -0.494 e. The second kappa shape index (κ2) is 10.2. The zero-order valence-corrected chi connectivity index (χ0v) is 21.3. The van der Waals surface area contributed by atoms with E-state index in [1.807, 2.05) is 4.90 Å². The molecule has 0 bridgehead atoms. The molecule has 1 atom stereocenters. The molecular formula is C25H27F4N9O. The van der Waals surface area contributed by atoms with Crippen LogP contribution in [-0.4, -0.2) is 63.8 Å². The number of hydrogen-bond donors (Lipinski definition) is 2. The maximum atomic E-state index is 15.0. The van der Waals surface area contributed by atoms with Crippen molar-refractivity contribution in [1.29, 1.82) is 0 Å². The standard InChI is InChI=1S/C25H27F4N9O/c1-36(20-11-35-38-23(20)33-13-34-24(38)30)18-8-17(14-6-16(27)21(39-2)7-15(14)26)32-10-19(18)37-5-3-4-25(31,12-37)9-22(28)29/h6-8,10-11,13,22H,3-5,9,12,31H2,1-2H3,(H2,30,33,34)/t25-/m0/s1. The van der Waals surface area contributed by atoms with Crippen LogP contribution in [-0.2, 0) is 0 Å². The zero-order chi connectivity index (χ0) is 27.9. The quantitative estimate of drug-likeness (QED) is 0.334. The minimum atomic E-state index is -2.55. The summed E-state index contributed by atoms with van der Waals surface area (Å²) in [6.45, 7) is 0.702. The lowest BCUT2D eigenvalue weighted by Gasteiger charge is -2.42. The summed E-state index contributed by atoms with van der Waals surface area (Å²) in [5.41, 5.74) is 13.3. The highest BCUT2D eigenvalue weighted by molar-refractivity contribution is 5.84. The van der Waals surface area contributed by atoms with Crippen LogP contribution in [0.15, 0.2) is 36.9 Å². The molecule has 1 fully saturated rings. The molecule has 4 N–H and O–H groups in total. The predicted molar refractivity (Wildman–Crippen MR) is 138 cm³/mol. The Balaban J connectivity index is 1.64. The van der Waals surface area contributed by atoms with Gasteiger partial charge in [0.05, 0.1) is 36.6 Å². The summed E-state index contributed by atoms with van der Waals surface area (Å²) < 4.78 is 62.4. The van der Waals surface area contributed by atoms with Gasteiger partial charge in [-0.3, -0.25) is 4.98 Å². The van der Waals surface area contributed by atoms with E-state index in [9.17, 15) is 17.6 Å². The molecule has 4 aromatic rings.